The van der Waals surface area contributed by atoms with Gasteiger partial charge in [-0.25, -0.2) is 9.07 Å². The molecule has 0 N–H and O–H groups in total. The first-order valence-corrected chi connectivity index (χ1v) is 9.42. The highest BCUT2D eigenvalue weighted by atomic mass is 19.1. The fourth-order valence-electron chi connectivity index (χ4n) is 4.20. The lowest BCUT2D eigenvalue weighted by Crippen LogP contribution is -2.39. The van der Waals surface area contributed by atoms with E-state index in [4.69, 9.17) is 0 Å². The molecule has 1 amide bonds. The van der Waals surface area contributed by atoms with Crippen LogP contribution in [-0.4, -0.2) is 20.7 Å². The molecule has 0 aliphatic carbocycles. The first-order chi connectivity index (χ1) is 14.6. The SMILES string of the molecule is O=C1c2ccccc2[C@H]2N1c1cc(F)ccc1-c1nc(=O)c(-c3ccccc3)nn12. The van der Waals surface area contributed by atoms with Gasteiger partial charge in [-0.2, -0.15) is 10.1 Å². The maximum absolute atomic E-state index is 14.1. The van der Waals surface area contributed by atoms with E-state index in [9.17, 15) is 14.0 Å². The van der Waals surface area contributed by atoms with Crippen LogP contribution in [0.2, 0.25) is 0 Å². The van der Waals surface area contributed by atoms with Crippen molar-refractivity contribution in [1.29, 1.82) is 0 Å². The van der Waals surface area contributed by atoms with Crippen molar-refractivity contribution in [2.45, 2.75) is 6.17 Å². The Morgan fingerprint density at radius 3 is 2.47 bits per heavy atom. The predicted molar refractivity (Wildman–Crippen MR) is 109 cm³/mol. The third-order valence-electron chi connectivity index (χ3n) is 5.51. The van der Waals surface area contributed by atoms with Gasteiger partial charge < -0.3 is 0 Å². The van der Waals surface area contributed by atoms with E-state index in [2.05, 4.69) is 10.1 Å². The van der Waals surface area contributed by atoms with E-state index < -0.39 is 17.5 Å². The van der Waals surface area contributed by atoms with E-state index >= 15 is 0 Å². The molecule has 6 rings (SSSR count). The Morgan fingerprint density at radius 2 is 1.63 bits per heavy atom. The van der Waals surface area contributed by atoms with E-state index in [-0.39, 0.29) is 11.6 Å². The van der Waals surface area contributed by atoms with Gasteiger partial charge in [-0.15, -0.1) is 0 Å². The van der Waals surface area contributed by atoms with Crippen molar-refractivity contribution < 1.29 is 9.18 Å². The molecule has 0 unspecified atom stereocenters. The summed E-state index contributed by atoms with van der Waals surface area (Å²) in [6.45, 7) is 0. The summed E-state index contributed by atoms with van der Waals surface area (Å²) in [7, 11) is 0. The first-order valence-electron chi connectivity index (χ1n) is 9.42. The molecule has 0 radical (unpaired) electrons. The average molecular weight is 396 g/mol. The van der Waals surface area contributed by atoms with E-state index in [0.717, 1.165) is 5.56 Å². The number of amides is 1. The Kier molecular flexibility index (Phi) is 3.32. The topological polar surface area (TPSA) is 68.1 Å². The largest absolute Gasteiger partial charge is 0.300 e. The minimum Gasteiger partial charge on any atom is -0.280 e. The van der Waals surface area contributed by atoms with Crippen molar-refractivity contribution >= 4 is 11.6 Å². The van der Waals surface area contributed by atoms with Gasteiger partial charge in [-0.05, 0) is 24.3 Å². The zero-order chi connectivity index (χ0) is 20.4. The Morgan fingerprint density at radius 1 is 0.867 bits per heavy atom. The number of aromatic nitrogens is 3. The van der Waals surface area contributed by atoms with Crippen LogP contribution in [0.15, 0.2) is 77.6 Å². The van der Waals surface area contributed by atoms with Crippen molar-refractivity contribution in [3.63, 3.8) is 0 Å². The maximum Gasteiger partial charge on any atom is 0.300 e. The minimum absolute atomic E-state index is 0.196. The molecule has 0 saturated heterocycles. The van der Waals surface area contributed by atoms with Crippen LogP contribution in [0.4, 0.5) is 10.1 Å². The monoisotopic (exact) mass is 396 g/mol. The zero-order valence-electron chi connectivity index (χ0n) is 15.5. The summed E-state index contributed by atoms with van der Waals surface area (Å²) in [5, 5.41) is 4.63. The molecule has 30 heavy (non-hydrogen) atoms. The molecular formula is C23H13FN4O2. The molecule has 144 valence electrons. The van der Waals surface area contributed by atoms with Crippen molar-refractivity contribution in [3.8, 4) is 22.6 Å². The number of fused-ring (bicyclic) bond motifs is 8. The van der Waals surface area contributed by atoms with Crippen LogP contribution >= 0.6 is 0 Å². The van der Waals surface area contributed by atoms with E-state index in [1.807, 2.05) is 30.3 Å². The first kappa shape index (κ1) is 16.8. The van der Waals surface area contributed by atoms with Gasteiger partial charge in [0.2, 0.25) is 0 Å². The molecule has 0 spiro atoms. The lowest BCUT2D eigenvalue weighted by molar-refractivity contribution is 0.0986. The van der Waals surface area contributed by atoms with E-state index in [1.54, 1.807) is 28.9 Å². The van der Waals surface area contributed by atoms with Gasteiger partial charge in [-0.3, -0.25) is 14.5 Å². The zero-order valence-corrected chi connectivity index (χ0v) is 15.5. The number of carbonyl (C=O) groups is 1. The molecule has 1 aromatic heterocycles. The smallest absolute Gasteiger partial charge is 0.280 e. The van der Waals surface area contributed by atoms with Gasteiger partial charge in [0.1, 0.15) is 5.82 Å². The van der Waals surface area contributed by atoms with Gasteiger partial charge in [0, 0.05) is 22.3 Å². The van der Waals surface area contributed by atoms with Crippen molar-refractivity contribution in [3.05, 3.63) is 100 Å². The Labute approximate surface area is 169 Å². The van der Waals surface area contributed by atoms with Crippen molar-refractivity contribution in [2.75, 3.05) is 4.90 Å². The second-order valence-electron chi connectivity index (χ2n) is 7.20. The summed E-state index contributed by atoms with van der Waals surface area (Å²) in [6.07, 6.45) is -0.645. The fraction of sp³-hybridized carbons (Fsp3) is 0.0435. The minimum atomic E-state index is -0.645. The van der Waals surface area contributed by atoms with Gasteiger partial charge >= 0.3 is 0 Å². The second kappa shape index (κ2) is 5.93. The number of anilines is 1. The van der Waals surface area contributed by atoms with E-state index in [0.29, 0.717) is 28.2 Å². The number of benzene rings is 3. The fourth-order valence-corrected chi connectivity index (χ4v) is 4.20. The van der Waals surface area contributed by atoms with Crippen molar-refractivity contribution in [1.82, 2.24) is 14.8 Å². The molecule has 0 saturated carbocycles. The molecule has 6 nitrogen and oxygen atoms in total. The molecule has 1 atom stereocenters. The molecule has 4 aromatic rings. The highest BCUT2D eigenvalue weighted by Gasteiger charge is 2.44. The van der Waals surface area contributed by atoms with Gasteiger partial charge in [0.05, 0.1) is 5.69 Å². The normalized spacial score (nSPS) is 16.0. The maximum atomic E-state index is 14.1. The second-order valence-corrected chi connectivity index (χ2v) is 7.20. The van der Waals surface area contributed by atoms with Gasteiger partial charge in [0.25, 0.3) is 11.5 Å². The summed E-state index contributed by atoms with van der Waals surface area (Å²) in [5.74, 6) is -0.406. The number of rotatable bonds is 1. The standard InChI is InChI=1S/C23H13FN4O2/c24-14-10-11-17-18(12-14)27-22(15-8-4-5-9-16(15)23(27)30)28-20(17)25-21(29)19(26-28)13-6-2-1-3-7-13/h1-12,22H/t22-/m0/s1. The number of hydrogen-bond donors (Lipinski definition) is 0. The van der Waals surface area contributed by atoms with Crippen LogP contribution in [0.25, 0.3) is 22.6 Å². The lowest BCUT2D eigenvalue weighted by atomic mass is 10.1. The van der Waals surface area contributed by atoms with Crippen LogP contribution in [0.3, 0.4) is 0 Å². The van der Waals surface area contributed by atoms with Crippen LogP contribution in [0.1, 0.15) is 22.1 Å². The number of hydrogen-bond acceptors (Lipinski definition) is 4. The highest BCUT2D eigenvalue weighted by Crippen LogP contribution is 2.46. The van der Waals surface area contributed by atoms with Crippen LogP contribution in [0, 0.1) is 5.82 Å². The van der Waals surface area contributed by atoms with Crippen molar-refractivity contribution in [2.24, 2.45) is 0 Å². The third kappa shape index (κ3) is 2.17. The third-order valence-corrected chi connectivity index (χ3v) is 5.51. The molecular weight excluding hydrogens is 383 g/mol. The van der Waals surface area contributed by atoms with Crippen LogP contribution in [0.5, 0.6) is 0 Å². The quantitative estimate of drug-likeness (QED) is 0.493. The summed E-state index contributed by atoms with van der Waals surface area (Å²) < 4.78 is 15.7. The predicted octanol–water partition coefficient (Wildman–Crippen LogP) is 3.63. The number of nitrogens with zero attached hydrogens (tertiary/aromatic N) is 4. The van der Waals surface area contributed by atoms with E-state index in [1.165, 1.54) is 23.1 Å². The summed E-state index contributed by atoms with van der Waals surface area (Å²) >= 11 is 0. The lowest BCUT2D eigenvalue weighted by Gasteiger charge is -2.34. The molecule has 2 aliphatic heterocycles. The summed E-state index contributed by atoms with van der Waals surface area (Å²) in [5.41, 5.74) is 2.47. The number of carbonyl (C=O) groups excluding carboxylic acids is 1. The molecule has 3 aromatic carbocycles. The Hall–Kier alpha value is -4.13. The highest BCUT2D eigenvalue weighted by molar-refractivity contribution is 6.13. The molecule has 0 fully saturated rings. The van der Waals surface area contributed by atoms with Crippen LogP contribution in [-0.2, 0) is 0 Å². The van der Waals surface area contributed by atoms with Gasteiger partial charge in [0.15, 0.2) is 17.7 Å². The Balaban J connectivity index is 1.70. The van der Waals surface area contributed by atoms with Gasteiger partial charge in [-0.1, -0.05) is 48.5 Å². The summed E-state index contributed by atoms with van der Waals surface area (Å²) in [4.78, 5) is 31.9. The molecule has 3 heterocycles. The Bertz CT molecular complexity index is 1410. The molecule has 0 bridgehead atoms. The molecule has 7 heteroatoms. The summed E-state index contributed by atoms with van der Waals surface area (Å²) in [6, 6.07) is 20.4. The molecule has 2 aliphatic rings. The van der Waals surface area contributed by atoms with Crippen LogP contribution < -0.4 is 10.5 Å². The number of halogens is 1. The average Bonchev–Trinajstić information content (AvgIpc) is 3.07.